The predicted octanol–water partition coefficient (Wildman–Crippen LogP) is 0.766. The van der Waals surface area contributed by atoms with Crippen LogP contribution in [0.5, 0.6) is 0 Å². The zero-order chi connectivity index (χ0) is 11.0. The molecule has 0 aliphatic rings. The van der Waals surface area contributed by atoms with Crippen molar-refractivity contribution in [2.75, 3.05) is 0 Å². The first-order chi connectivity index (χ1) is 7.08. The fourth-order valence-corrected chi connectivity index (χ4v) is 1.36. The Bertz CT molecular complexity index is 604. The number of halogens is 1. The Kier molecular flexibility index (Phi) is 2.00. The van der Waals surface area contributed by atoms with Crippen LogP contribution in [0.15, 0.2) is 29.1 Å². The van der Waals surface area contributed by atoms with Gasteiger partial charge in [-0.15, -0.1) is 0 Å². The number of H-pyrrole nitrogens is 1. The maximum absolute atomic E-state index is 12.8. The zero-order valence-corrected chi connectivity index (χ0v) is 7.58. The van der Waals surface area contributed by atoms with Crippen molar-refractivity contribution in [2.45, 2.75) is 0 Å². The number of hydrogen-bond acceptors (Lipinski definition) is 2. The molecule has 0 saturated heterocycles. The topological polar surface area (TPSA) is 76.0 Å². The van der Waals surface area contributed by atoms with Gasteiger partial charge in [0, 0.05) is 5.39 Å². The van der Waals surface area contributed by atoms with Crippen molar-refractivity contribution in [3.8, 4) is 0 Å². The second-order valence-electron chi connectivity index (χ2n) is 3.11. The quantitative estimate of drug-likeness (QED) is 0.722. The van der Waals surface area contributed by atoms with Crippen molar-refractivity contribution in [1.82, 2.24) is 4.98 Å². The van der Waals surface area contributed by atoms with Crippen molar-refractivity contribution >= 4 is 16.7 Å². The average molecular weight is 206 g/mol. The van der Waals surface area contributed by atoms with Crippen molar-refractivity contribution < 1.29 is 9.18 Å². The Balaban J connectivity index is 2.84. The first-order valence-corrected chi connectivity index (χ1v) is 4.20. The number of benzene rings is 1. The first-order valence-electron chi connectivity index (χ1n) is 4.20. The molecule has 0 bridgehead atoms. The molecule has 0 aliphatic carbocycles. The Morgan fingerprint density at radius 1 is 1.33 bits per heavy atom. The van der Waals surface area contributed by atoms with Gasteiger partial charge < -0.3 is 10.7 Å². The first kappa shape index (κ1) is 9.39. The molecule has 0 atom stereocenters. The fraction of sp³-hybridized carbons (Fsp3) is 0. The smallest absolute Gasteiger partial charge is 0.265 e. The SMILES string of the molecule is NC(=O)c1cc2ccc(F)cc2c(=O)[nH]1. The van der Waals surface area contributed by atoms with Crippen LogP contribution in [0, 0.1) is 5.82 Å². The summed E-state index contributed by atoms with van der Waals surface area (Å²) in [5.41, 5.74) is 4.51. The second-order valence-corrected chi connectivity index (χ2v) is 3.11. The minimum atomic E-state index is -0.724. The second kappa shape index (κ2) is 3.20. The van der Waals surface area contributed by atoms with E-state index in [4.69, 9.17) is 5.73 Å². The zero-order valence-electron chi connectivity index (χ0n) is 7.58. The minimum Gasteiger partial charge on any atom is -0.364 e. The number of fused-ring (bicyclic) bond motifs is 1. The lowest BCUT2D eigenvalue weighted by molar-refractivity contribution is 0.0995. The van der Waals surface area contributed by atoms with Crippen LogP contribution in [0.1, 0.15) is 10.5 Å². The van der Waals surface area contributed by atoms with Gasteiger partial charge in [0.25, 0.3) is 11.5 Å². The number of pyridine rings is 1. The third-order valence-corrected chi connectivity index (χ3v) is 2.07. The molecule has 1 aromatic carbocycles. The maximum Gasteiger partial charge on any atom is 0.265 e. The summed E-state index contributed by atoms with van der Waals surface area (Å²) in [7, 11) is 0. The number of amides is 1. The van der Waals surface area contributed by atoms with Gasteiger partial charge in [-0.3, -0.25) is 9.59 Å². The van der Waals surface area contributed by atoms with Crippen LogP contribution >= 0.6 is 0 Å². The van der Waals surface area contributed by atoms with E-state index in [1.54, 1.807) is 0 Å². The lowest BCUT2D eigenvalue weighted by Gasteiger charge is -1.99. The Hall–Kier alpha value is -2.17. The molecule has 0 aliphatic heterocycles. The number of aromatic nitrogens is 1. The number of hydrogen-bond donors (Lipinski definition) is 2. The van der Waals surface area contributed by atoms with Gasteiger partial charge in [-0.25, -0.2) is 4.39 Å². The van der Waals surface area contributed by atoms with E-state index in [1.807, 2.05) is 0 Å². The van der Waals surface area contributed by atoms with E-state index in [9.17, 15) is 14.0 Å². The molecule has 5 heteroatoms. The van der Waals surface area contributed by atoms with Gasteiger partial charge in [-0.05, 0) is 23.6 Å². The van der Waals surface area contributed by atoms with E-state index < -0.39 is 17.3 Å². The van der Waals surface area contributed by atoms with E-state index in [0.717, 1.165) is 6.07 Å². The van der Waals surface area contributed by atoms with Crippen LogP contribution in [0.25, 0.3) is 10.8 Å². The Morgan fingerprint density at radius 2 is 2.07 bits per heavy atom. The molecule has 0 unspecified atom stereocenters. The highest BCUT2D eigenvalue weighted by Crippen LogP contribution is 2.11. The van der Waals surface area contributed by atoms with Crippen molar-refractivity contribution in [2.24, 2.45) is 5.73 Å². The molecule has 0 spiro atoms. The highest BCUT2D eigenvalue weighted by molar-refractivity contribution is 5.95. The summed E-state index contributed by atoms with van der Waals surface area (Å²) in [6.45, 7) is 0. The van der Waals surface area contributed by atoms with E-state index in [0.29, 0.717) is 5.39 Å². The summed E-state index contributed by atoms with van der Waals surface area (Å²) < 4.78 is 12.8. The number of primary amides is 1. The summed E-state index contributed by atoms with van der Waals surface area (Å²) in [4.78, 5) is 24.5. The molecule has 4 nitrogen and oxygen atoms in total. The van der Waals surface area contributed by atoms with Crippen molar-refractivity contribution in [3.05, 3.63) is 46.1 Å². The van der Waals surface area contributed by atoms with Gasteiger partial charge in [-0.1, -0.05) is 6.07 Å². The number of nitrogens with two attached hydrogens (primary N) is 1. The summed E-state index contributed by atoms with van der Waals surface area (Å²) in [5, 5.41) is 0.675. The Morgan fingerprint density at radius 3 is 2.73 bits per heavy atom. The normalized spacial score (nSPS) is 10.5. The van der Waals surface area contributed by atoms with E-state index in [-0.39, 0.29) is 11.1 Å². The molecule has 2 aromatic rings. The molecule has 2 rings (SSSR count). The summed E-state index contributed by atoms with van der Waals surface area (Å²) in [6, 6.07) is 5.16. The van der Waals surface area contributed by atoms with E-state index in [1.165, 1.54) is 18.2 Å². The molecule has 0 saturated carbocycles. The van der Waals surface area contributed by atoms with Crippen molar-refractivity contribution in [3.63, 3.8) is 0 Å². The van der Waals surface area contributed by atoms with Gasteiger partial charge in [0.2, 0.25) is 0 Å². The van der Waals surface area contributed by atoms with E-state index in [2.05, 4.69) is 4.98 Å². The third-order valence-electron chi connectivity index (χ3n) is 2.07. The molecule has 76 valence electrons. The molecule has 0 radical (unpaired) electrons. The standard InChI is InChI=1S/C10H7FN2O2/c11-6-2-1-5-3-8(9(12)14)13-10(15)7(5)4-6/h1-4H,(H2,12,14)(H,13,15). The predicted molar refractivity (Wildman–Crippen MR) is 53.0 cm³/mol. The minimum absolute atomic E-state index is 0.0131. The van der Waals surface area contributed by atoms with Crippen molar-refractivity contribution in [1.29, 1.82) is 0 Å². The van der Waals surface area contributed by atoms with Gasteiger partial charge in [0.05, 0.1) is 0 Å². The number of aromatic amines is 1. The van der Waals surface area contributed by atoms with Gasteiger partial charge in [-0.2, -0.15) is 0 Å². The molecule has 1 aromatic heterocycles. The van der Waals surface area contributed by atoms with Crippen LogP contribution in [-0.2, 0) is 0 Å². The lowest BCUT2D eigenvalue weighted by Crippen LogP contribution is -2.18. The fourth-order valence-electron chi connectivity index (χ4n) is 1.36. The van der Waals surface area contributed by atoms with Gasteiger partial charge in [0.1, 0.15) is 11.5 Å². The van der Waals surface area contributed by atoms with Crippen LogP contribution in [0.3, 0.4) is 0 Å². The summed E-state index contributed by atoms with van der Waals surface area (Å²) >= 11 is 0. The molecular formula is C10H7FN2O2. The molecule has 3 N–H and O–H groups in total. The van der Waals surface area contributed by atoms with Crippen LogP contribution in [-0.4, -0.2) is 10.9 Å². The highest BCUT2D eigenvalue weighted by Gasteiger charge is 2.06. The molecule has 0 fully saturated rings. The maximum atomic E-state index is 12.8. The van der Waals surface area contributed by atoms with Gasteiger partial charge in [0.15, 0.2) is 0 Å². The lowest BCUT2D eigenvalue weighted by atomic mass is 10.1. The van der Waals surface area contributed by atoms with Crippen LogP contribution < -0.4 is 11.3 Å². The third kappa shape index (κ3) is 1.59. The Labute approximate surface area is 83.5 Å². The van der Waals surface area contributed by atoms with Gasteiger partial charge >= 0.3 is 0 Å². The molecule has 1 amide bonds. The highest BCUT2D eigenvalue weighted by atomic mass is 19.1. The molecule has 1 heterocycles. The number of carbonyl (C=O) groups is 1. The molecule has 15 heavy (non-hydrogen) atoms. The number of carbonyl (C=O) groups excluding carboxylic acids is 1. The number of nitrogens with one attached hydrogen (secondary N) is 1. The monoisotopic (exact) mass is 206 g/mol. The van der Waals surface area contributed by atoms with Crippen LogP contribution in [0.2, 0.25) is 0 Å². The average Bonchev–Trinajstić information content (AvgIpc) is 2.18. The largest absolute Gasteiger partial charge is 0.364 e. The number of rotatable bonds is 1. The summed E-state index contributed by atoms with van der Waals surface area (Å²) in [6.07, 6.45) is 0. The summed E-state index contributed by atoms with van der Waals surface area (Å²) in [5.74, 6) is -1.22. The van der Waals surface area contributed by atoms with Crippen LogP contribution in [0.4, 0.5) is 4.39 Å². The van der Waals surface area contributed by atoms with E-state index >= 15 is 0 Å². The molecular weight excluding hydrogens is 199 g/mol.